The standard InChI is InChI=1S/C17H17BrN2S/c1-17(2,3)11-4-7-13(8-5-11)19-16-20-14-9-6-12(18)10-15(14)21-16/h4-10H,1-3H3,(H,19,20). The van der Waals surface area contributed by atoms with Crippen LogP contribution in [-0.4, -0.2) is 4.98 Å². The topological polar surface area (TPSA) is 24.9 Å². The zero-order chi connectivity index (χ0) is 15.0. The second kappa shape index (κ2) is 5.43. The minimum absolute atomic E-state index is 0.181. The Hall–Kier alpha value is -1.39. The van der Waals surface area contributed by atoms with Crippen molar-refractivity contribution < 1.29 is 0 Å². The summed E-state index contributed by atoms with van der Waals surface area (Å²) in [4.78, 5) is 4.61. The van der Waals surface area contributed by atoms with Gasteiger partial charge in [0, 0.05) is 10.2 Å². The molecular formula is C17H17BrN2S. The third-order valence-electron chi connectivity index (χ3n) is 3.35. The minimum Gasteiger partial charge on any atom is -0.332 e. The fourth-order valence-corrected chi connectivity index (χ4v) is 3.57. The molecule has 1 heterocycles. The Balaban J connectivity index is 1.84. The van der Waals surface area contributed by atoms with Crippen molar-refractivity contribution in [3.8, 4) is 0 Å². The Bertz CT molecular complexity index is 770. The van der Waals surface area contributed by atoms with Gasteiger partial charge in [-0.25, -0.2) is 4.98 Å². The molecule has 2 nitrogen and oxygen atoms in total. The molecule has 0 fully saturated rings. The van der Waals surface area contributed by atoms with Crippen LogP contribution in [0.2, 0.25) is 0 Å². The number of nitrogens with zero attached hydrogens (tertiary/aromatic N) is 1. The number of rotatable bonds is 2. The molecule has 0 saturated heterocycles. The molecule has 2 aromatic carbocycles. The monoisotopic (exact) mass is 360 g/mol. The summed E-state index contributed by atoms with van der Waals surface area (Å²) in [7, 11) is 0. The molecule has 0 aliphatic heterocycles. The summed E-state index contributed by atoms with van der Waals surface area (Å²) in [5.74, 6) is 0. The summed E-state index contributed by atoms with van der Waals surface area (Å²) in [6.07, 6.45) is 0. The molecule has 0 atom stereocenters. The lowest BCUT2D eigenvalue weighted by Gasteiger charge is -2.19. The average molecular weight is 361 g/mol. The van der Waals surface area contributed by atoms with E-state index in [0.717, 1.165) is 20.8 Å². The number of benzene rings is 2. The van der Waals surface area contributed by atoms with Gasteiger partial charge in [-0.3, -0.25) is 0 Å². The molecule has 1 N–H and O–H groups in total. The number of fused-ring (bicyclic) bond motifs is 1. The van der Waals surface area contributed by atoms with Crippen LogP contribution >= 0.6 is 27.3 Å². The van der Waals surface area contributed by atoms with Crippen LogP contribution in [0.15, 0.2) is 46.9 Å². The molecule has 3 rings (SSSR count). The number of thiazole rings is 1. The van der Waals surface area contributed by atoms with Crippen LogP contribution in [0.25, 0.3) is 10.2 Å². The highest BCUT2D eigenvalue weighted by Gasteiger charge is 2.13. The van der Waals surface area contributed by atoms with Crippen LogP contribution < -0.4 is 5.32 Å². The van der Waals surface area contributed by atoms with Gasteiger partial charge in [0.2, 0.25) is 0 Å². The normalized spacial score (nSPS) is 11.8. The Morgan fingerprint density at radius 3 is 2.43 bits per heavy atom. The summed E-state index contributed by atoms with van der Waals surface area (Å²) < 4.78 is 2.26. The Kier molecular flexibility index (Phi) is 3.76. The molecule has 0 unspecified atom stereocenters. The van der Waals surface area contributed by atoms with Crippen molar-refractivity contribution in [2.45, 2.75) is 26.2 Å². The second-order valence-corrected chi connectivity index (χ2v) is 8.03. The molecule has 21 heavy (non-hydrogen) atoms. The summed E-state index contributed by atoms with van der Waals surface area (Å²) >= 11 is 5.16. The van der Waals surface area contributed by atoms with E-state index in [-0.39, 0.29) is 5.41 Å². The average Bonchev–Trinajstić information content (AvgIpc) is 2.79. The lowest BCUT2D eigenvalue weighted by atomic mass is 9.87. The first-order chi connectivity index (χ1) is 9.91. The van der Waals surface area contributed by atoms with Crippen LogP contribution in [0.1, 0.15) is 26.3 Å². The summed E-state index contributed by atoms with van der Waals surface area (Å²) in [5, 5.41) is 4.31. The van der Waals surface area contributed by atoms with Gasteiger partial charge in [-0.1, -0.05) is 60.2 Å². The Morgan fingerprint density at radius 2 is 1.76 bits per heavy atom. The zero-order valence-electron chi connectivity index (χ0n) is 12.3. The van der Waals surface area contributed by atoms with Crippen LogP contribution in [-0.2, 0) is 5.41 Å². The Labute approximate surface area is 137 Å². The lowest BCUT2D eigenvalue weighted by Crippen LogP contribution is -2.10. The minimum atomic E-state index is 0.181. The van der Waals surface area contributed by atoms with Crippen LogP contribution in [0.3, 0.4) is 0 Å². The molecular weight excluding hydrogens is 344 g/mol. The molecule has 0 aliphatic carbocycles. The SMILES string of the molecule is CC(C)(C)c1ccc(Nc2nc3ccc(Br)cc3s2)cc1. The van der Waals surface area contributed by atoms with Crippen molar-refractivity contribution in [3.05, 3.63) is 52.5 Å². The van der Waals surface area contributed by atoms with Gasteiger partial charge in [0.05, 0.1) is 10.2 Å². The van der Waals surface area contributed by atoms with E-state index < -0.39 is 0 Å². The Morgan fingerprint density at radius 1 is 1.05 bits per heavy atom. The predicted molar refractivity (Wildman–Crippen MR) is 95.7 cm³/mol. The number of aromatic nitrogens is 1. The number of anilines is 2. The fraction of sp³-hybridized carbons (Fsp3) is 0.235. The van der Waals surface area contributed by atoms with Gasteiger partial charge >= 0.3 is 0 Å². The first-order valence-electron chi connectivity index (χ1n) is 6.85. The molecule has 0 amide bonds. The van der Waals surface area contributed by atoms with Crippen LogP contribution in [0, 0.1) is 0 Å². The number of hydrogen-bond donors (Lipinski definition) is 1. The van der Waals surface area contributed by atoms with E-state index in [2.05, 4.69) is 77.3 Å². The molecule has 1 aromatic heterocycles. The quantitative estimate of drug-likeness (QED) is 0.597. The third-order valence-corrected chi connectivity index (χ3v) is 4.78. The smallest absolute Gasteiger partial charge is 0.188 e. The van der Waals surface area contributed by atoms with E-state index in [0.29, 0.717) is 0 Å². The molecule has 0 spiro atoms. The maximum atomic E-state index is 4.61. The molecule has 3 aromatic rings. The van der Waals surface area contributed by atoms with Crippen molar-refractivity contribution in [2.24, 2.45) is 0 Å². The largest absolute Gasteiger partial charge is 0.332 e. The molecule has 4 heteroatoms. The molecule has 0 bridgehead atoms. The first kappa shape index (κ1) is 14.5. The van der Waals surface area contributed by atoms with Gasteiger partial charge in [0.1, 0.15) is 0 Å². The lowest BCUT2D eigenvalue weighted by molar-refractivity contribution is 0.590. The van der Waals surface area contributed by atoms with E-state index >= 15 is 0 Å². The van der Waals surface area contributed by atoms with Gasteiger partial charge in [-0.2, -0.15) is 0 Å². The summed E-state index contributed by atoms with van der Waals surface area (Å²) in [6, 6.07) is 14.7. The number of hydrogen-bond acceptors (Lipinski definition) is 3. The highest BCUT2D eigenvalue weighted by molar-refractivity contribution is 9.10. The van der Waals surface area contributed by atoms with Gasteiger partial charge in [-0.05, 0) is 41.3 Å². The highest BCUT2D eigenvalue weighted by Crippen LogP contribution is 2.31. The van der Waals surface area contributed by atoms with E-state index in [1.54, 1.807) is 11.3 Å². The maximum absolute atomic E-state index is 4.61. The van der Waals surface area contributed by atoms with Crippen molar-refractivity contribution in [3.63, 3.8) is 0 Å². The number of nitrogens with one attached hydrogen (secondary N) is 1. The predicted octanol–water partition coefficient (Wildman–Crippen LogP) is 6.10. The fourth-order valence-electron chi connectivity index (χ4n) is 2.13. The van der Waals surface area contributed by atoms with Crippen LogP contribution in [0.4, 0.5) is 10.8 Å². The highest BCUT2D eigenvalue weighted by atomic mass is 79.9. The summed E-state index contributed by atoms with van der Waals surface area (Å²) in [5.41, 5.74) is 3.61. The molecule has 0 radical (unpaired) electrons. The van der Waals surface area contributed by atoms with Crippen molar-refractivity contribution >= 4 is 48.3 Å². The van der Waals surface area contributed by atoms with Gasteiger partial charge in [0.25, 0.3) is 0 Å². The van der Waals surface area contributed by atoms with Gasteiger partial charge in [0.15, 0.2) is 5.13 Å². The van der Waals surface area contributed by atoms with E-state index in [4.69, 9.17) is 0 Å². The second-order valence-electron chi connectivity index (χ2n) is 6.08. The van der Waals surface area contributed by atoms with Crippen molar-refractivity contribution in [2.75, 3.05) is 5.32 Å². The maximum Gasteiger partial charge on any atom is 0.188 e. The first-order valence-corrected chi connectivity index (χ1v) is 8.46. The molecule has 108 valence electrons. The third kappa shape index (κ3) is 3.27. The van der Waals surface area contributed by atoms with Gasteiger partial charge < -0.3 is 5.32 Å². The molecule has 0 saturated carbocycles. The van der Waals surface area contributed by atoms with Gasteiger partial charge in [-0.15, -0.1) is 0 Å². The van der Waals surface area contributed by atoms with E-state index in [9.17, 15) is 0 Å². The zero-order valence-corrected chi connectivity index (χ0v) is 14.7. The van der Waals surface area contributed by atoms with E-state index in [1.807, 2.05) is 12.1 Å². The van der Waals surface area contributed by atoms with Crippen molar-refractivity contribution in [1.29, 1.82) is 0 Å². The molecule has 0 aliphatic rings. The van der Waals surface area contributed by atoms with E-state index in [1.165, 1.54) is 10.3 Å². The van der Waals surface area contributed by atoms with Crippen LogP contribution in [0.5, 0.6) is 0 Å². The summed E-state index contributed by atoms with van der Waals surface area (Å²) in [6.45, 7) is 6.67. The number of halogens is 1. The van der Waals surface area contributed by atoms with Crippen molar-refractivity contribution in [1.82, 2.24) is 4.98 Å².